The fourth-order valence-corrected chi connectivity index (χ4v) is 2.77. The molecule has 1 aromatic heterocycles. The Morgan fingerprint density at radius 2 is 1.87 bits per heavy atom. The second-order valence-electron chi connectivity index (χ2n) is 5.28. The maximum absolute atomic E-state index is 12.5. The predicted molar refractivity (Wildman–Crippen MR) is 96.2 cm³/mol. The summed E-state index contributed by atoms with van der Waals surface area (Å²) in [4.78, 5) is 23.0. The lowest BCUT2D eigenvalue weighted by Gasteiger charge is -2.18. The van der Waals surface area contributed by atoms with Gasteiger partial charge >= 0.3 is 0 Å². The lowest BCUT2D eigenvalue weighted by Crippen LogP contribution is -2.31. The number of amides is 1. The molecule has 0 aliphatic rings. The van der Waals surface area contributed by atoms with Gasteiger partial charge in [0, 0.05) is 28.9 Å². The SMILES string of the molecule is CCN(CC)C(=O)c1cc(C)nc(Nc2ccc(Br)cc2C)n1. The van der Waals surface area contributed by atoms with Gasteiger partial charge in [-0.3, -0.25) is 4.79 Å². The largest absolute Gasteiger partial charge is 0.338 e. The first-order valence-corrected chi connectivity index (χ1v) is 8.42. The fourth-order valence-electron chi connectivity index (χ4n) is 2.29. The van der Waals surface area contributed by atoms with Crippen LogP contribution in [0.5, 0.6) is 0 Å². The van der Waals surface area contributed by atoms with Crippen molar-refractivity contribution in [2.75, 3.05) is 18.4 Å². The highest BCUT2D eigenvalue weighted by atomic mass is 79.9. The molecule has 1 heterocycles. The summed E-state index contributed by atoms with van der Waals surface area (Å²) >= 11 is 3.45. The summed E-state index contributed by atoms with van der Waals surface area (Å²) in [7, 11) is 0. The molecule has 0 bridgehead atoms. The summed E-state index contributed by atoms with van der Waals surface area (Å²) in [5, 5.41) is 3.20. The summed E-state index contributed by atoms with van der Waals surface area (Å²) in [6.45, 7) is 9.10. The van der Waals surface area contributed by atoms with Gasteiger partial charge in [0.1, 0.15) is 5.69 Å². The summed E-state index contributed by atoms with van der Waals surface area (Å²) in [5.74, 6) is 0.363. The highest BCUT2D eigenvalue weighted by molar-refractivity contribution is 9.10. The second kappa shape index (κ2) is 7.55. The summed E-state index contributed by atoms with van der Waals surface area (Å²) in [5.41, 5.74) is 3.16. The van der Waals surface area contributed by atoms with E-state index >= 15 is 0 Å². The van der Waals surface area contributed by atoms with Crippen molar-refractivity contribution in [3.05, 3.63) is 45.7 Å². The van der Waals surface area contributed by atoms with Crippen molar-refractivity contribution in [2.45, 2.75) is 27.7 Å². The summed E-state index contributed by atoms with van der Waals surface area (Å²) in [6, 6.07) is 7.64. The molecule has 1 amide bonds. The molecule has 0 atom stereocenters. The lowest BCUT2D eigenvalue weighted by atomic mass is 10.2. The monoisotopic (exact) mass is 376 g/mol. The molecule has 0 radical (unpaired) electrons. The van der Waals surface area contributed by atoms with Gasteiger partial charge in [-0.05, 0) is 57.5 Å². The Bertz CT molecular complexity index is 714. The maximum Gasteiger partial charge on any atom is 0.272 e. The predicted octanol–water partition coefficient (Wildman–Crippen LogP) is 4.08. The van der Waals surface area contributed by atoms with E-state index in [1.807, 2.05) is 45.9 Å². The minimum absolute atomic E-state index is 0.0731. The number of nitrogens with one attached hydrogen (secondary N) is 1. The van der Waals surface area contributed by atoms with E-state index in [1.165, 1.54) is 0 Å². The van der Waals surface area contributed by atoms with Gasteiger partial charge in [0.2, 0.25) is 5.95 Å². The van der Waals surface area contributed by atoms with Crippen LogP contribution in [0.3, 0.4) is 0 Å². The van der Waals surface area contributed by atoms with Crippen molar-refractivity contribution in [1.29, 1.82) is 0 Å². The molecule has 0 spiro atoms. The van der Waals surface area contributed by atoms with Gasteiger partial charge in [0.05, 0.1) is 0 Å². The molecular formula is C17H21BrN4O. The number of carbonyl (C=O) groups is 1. The number of anilines is 2. The summed E-state index contributed by atoms with van der Waals surface area (Å²) < 4.78 is 1.02. The lowest BCUT2D eigenvalue weighted by molar-refractivity contribution is 0.0767. The van der Waals surface area contributed by atoms with E-state index in [0.717, 1.165) is 21.4 Å². The molecule has 122 valence electrons. The molecular weight excluding hydrogens is 356 g/mol. The molecule has 1 aromatic carbocycles. The number of aromatic nitrogens is 2. The van der Waals surface area contributed by atoms with Crippen molar-refractivity contribution < 1.29 is 4.79 Å². The van der Waals surface area contributed by atoms with Gasteiger partial charge in [-0.25, -0.2) is 9.97 Å². The molecule has 5 nitrogen and oxygen atoms in total. The number of benzene rings is 1. The Morgan fingerprint density at radius 3 is 2.48 bits per heavy atom. The van der Waals surface area contributed by atoms with Crippen molar-refractivity contribution >= 4 is 33.5 Å². The van der Waals surface area contributed by atoms with Gasteiger partial charge in [0.15, 0.2) is 0 Å². The first-order chi connectivity index (χ1) is 10.9. The van der Waals surface area contributed by atoms with E-state index in [4.69, 9.17) is 0 Å². The quantitative estimate of drug-likeness (QED) is 0.853. The first kappa shape index (κ1) is 17.4. The van der Waals surface area contributed by atoms with E-state index in [0.29, 0.717) is 24.7 Å². The number of nitrogens with zero attached hydrogens (tertiary/aromatic N) is 3. The van der Waals surface area contributed by atoms with Gasteiger partial charge in [-0.15, -0.1) is 0 Å². The Kier molecular flexibility index (Phi) is 5.71. The van der Waals surface area contributed by atoms with E-state index < -0.39 is 0 Å². The third kappa shape index (κ3) is 4.28. The number of rotatable bonds is 5. The van der Waals surface area contributed by atoms with Crippen LogP contribution in [0.4, 0.5) is 11.6 Å². The first-order valence-electron chi connectivity index (χ1n) is 7.62. The third-order valence-electron chi connectivity index (χ3n) is 3.56. The maximum atomic E-state index is 12.5. The number of hydrogen-bond acceptors (Lipinski definition) is 4. The van der Waals surface area contributed by atoms with Crippen LogP contribution >= 0.6 is 15.9 Å². The smallest absolute Gasteiger partial charge is 0.272 e. The zero-order chi connectivity index (χ0) is 17.0. The van der Waals surface area contributed by atoms with Gasteiger partial charge in [0.25, 0.3) is 5.91 Å². The normalized spacial score (nSPS) is 10.5. The highest BCUT2D eigenvalue weighted by Gasteiger charge is 2.16. The number of hydrogen-bond donors (Lipinski definition) is 1. The van der Waals surface area contributed by atoms with Crippen LogP contribution in [-0.2, 0) is 0 Å². The molecule has 6 heteroatoms. The minimum atomic E-state index is -0.0731. The van der Waals surface area contributed by atoms with Gasteiger partial charge in [-0.2, -0.15) is 0 Å². The topological polar surface area (TPSA) is 58.1 Å². The van der Waals surface area contributed by atoms with E-state index in [2.05, 4.69) is 31.2 Å². The van der Waals surface area contributed by atoms with Crippen LogP contribution in [0, 0.1) is 13.8 Å². The zero-order valence-corrected chi connectivity index (χ0v) is 15.4. The molecule has 2 aromatic rings. The third-order valence-corrected chi connectivity index (χ3v) is 4.05. The highest BCUT2D eigenvalue weighted by Crippen LogP contribution is 2.22. The Balaban J connectivity index is 2.32. The number of aryl methyl sites for hydroxylation is 2. The molecule has 1 N–H and O–H groups in total. The van der Waals surface area contributed by atoms with Gasteiger partial charge in [-0.1, -0.05) is 15.9 Å². The molecule has 0 aliphatic carbocycles. The van der Waals surface area contributed by atoms with Crippen molar-refractivity contribution in [2.24, 2.45) is 0 Å². The molecule has 0 saturated heterocycles. The molecule has 0 fully saturated rings. The Morgan fingerprint density at radius 1 is 1.17 bits per heavy atom. The summed E-state index contributed by atoms with van der Waals surface area (Å²) in [6.07, 6.45) is 0. The van der Waals surface area contributed by atoms with E-state index in [9.17, 15) is 4.79 Å². The molecule has 0 saturated carbocycles. The number of halogens is 1. The average Bonchev–Trinajstić information content (AvgIpc) is 2.50. The fraction of sp³-hybridized carbons (Fsp3) is 0.353. The van der Waals surface area contributed by atoms with Crippen LogP contribution in [0.2, 0.25) is 0 Å². The van der Waals surface area contributed by atoms with E-state index in [-0.39, 0.29) is 5.91 Å². The van der Waals surface area contributed by atoms with Crippen LogP contribution in [0.15, 0.2) is 28.7 Å². The van der Waals surface area contributed by atoms with Crippen LogP contribution < -0.4 is 5.32 Å². The molecule has 0 aliphatic heterocycles. The van der Waals surface area contributed by atoms with Crippen molar-refractivity contribution in [1.82, 2.24) is 14.9 Å². The zero-order valence-electron chi connectivity index (χ0n) is 13.9. The van der Waals surface area contributed by atoms with Crippen LogP contribution in [-0.4, -0.2) is 33.9 Å². The van der Waals surface area contributed by atoms with Crippen LogP contribution in [0.25, 0.3) is 0 Å². The Hall–Kier alpha value is -1.95. The van der Waals surface area contributed by atoms with E-state index in [1.54, 1.807) is 11.0 Å². The number of carbonyl (C=O) groups excluding carboxylic acids is 1. The minimum Gasteiger partial charge on any atom is -0.338 e. The van der Waals surface area contributed by atoms with Crippen molar-refractivity contribution in [3.8, 4) is 0 Å². The van der Waals surface area contributed by atoms with Crippen molar-refractivity contribution in [3.63, 3.8) is 0 Å². The van der Waals surface area contributed by atoms with Gasteiger partial charge < -0.3 is 10.2 Å². The van der Waals surface area contributed by atoms with Crippen LogP contribution in [0.1, 0.15) is 35.6 Å². The Labute approximate surface area is 145 Å². The second-order valence-corrected chi connectivity index (χ2v) is 6.20. The average molecular weight is 377 g/mol. The molecule has 0 unspecified atom stereocenters. The molecule has 2 rings (SSSR count). The molecule has 23 heavy (non-hydrogen) atoms. The standard InChI is InChI=1S/C17H21BrN4O/c1-5-22(6-2)16(23)15-10-12(4)19-17(21-15)20-14-8-7-13(18)9-11(14)3/h7-10H,5-6H2,1-4H3,(H,19,20,21).